The van der Waals surface area contributed by atoms with Crippen molar-refractivity contribution in [3.63, 3.8) is 0 Å². The van der Waals surface area contributed by atoms with Gasteiger partial charge in [-0.15, -0.1) is 0 Å². The first-order valence-corrected chi connectivity index (χ1v) is 9.29. The number of esters is 1. The van der Waals surface area contributed by atoms with Crippen molar-refractivity contribution in [1.82, 2.24) is 4.57 Å². The van der Waals surface area contributed by atoms with Crippen LogP contribution in [0.25, 0.3) is 5.69 Å². The van der Waals surface area contributed by atoms with Crippen LogP contribution in [-0.2, 0) is 16.0 Å². The molecule has 0 fully saturated rings. The average Bonchev–Trinajstić information content (AvgIpc) is 2.69. The van der Waals surface area contributed by atoms with Gasteiger partial charge >= 0.3 is 5.97 Å². The number of nitrogens with zero attached hydrogens (tertiary/aromatic N) is 1. The van der Waals surface area contributed by atoms with E-state index in [0.29, 0.717) is 10.6 Å². The van der Waals surface area contributed by atoms with E-state index in [2.05, 4.69) is 0 Å². The number of carbonyl (C=O) groups is 2. The van der Waals surface area contributed by atoms with Gasteiger partial charge in [0.2, 0.25) is 0 Å². The first kappa shape index (κ1) is 22.7. The molecule has 32 heavy (non-hydrogen) atoms. The van der Waals surface area contributed by atoms with Gasteiger partial charge in [0, 0.05) is 12.1 Å². The maximum Gasteiger partial charge on any atom is 0.310 e. The zero-order valence-electron chi connectivity index (χ0n) is 16.6. The van der Waals surface area contributed by atoms with Gasteiger partial charge in [-0.2, -0.15) is 0 Å². The molecule has 0 saturated carbocycles. The molecule has 10 heteroatoms. The number of ether oxygens (including phenoxy) is 1. The Bertz CT molecular complexity index is 1260. The van der Waals surface area contributed by atoms with Crippen molar-refractivity contribution in [2.24, 2.45) is 0 Å². The summed E-state index contributed by atoms with van der Waals surface area (Å²) < 4.78 is 61.8. The van der Waals surface area contributed by atoms with Crippen molar-refractivity contribution >= 4 is 17.6 Å². The molecular weight excluding hydrogens is 432 g/mol. The maximum absolute atomic E-state index is 14.8. The van der Waals surface area contributed by atoms with Crippen molar-refractivity contribution in [2.45, 2.75) is 13.3 Å². The average molecular weight is 448 g/mol. The molecule has 0 radical (unpaired) electrons. The first-order valence-electron chi connectivity index (χ1n) is 9.29. The van der Waals surface area contributed by atoms with Crippen LogP contribution in [0, 0.1) is 23.3 Å². The van der Waals surface area contributed by atoms with E-state index < -0.39 is 69.6 Å². The summed E-state index contributed by atoms with van der Waals surface area (Å²) >= 11 is 0. The van der Waals surface area contributed by atoms with E-state index in [1.54, 1.807) is 6.92 Å². The molecule has 0 bridgehead atoms. The predicted octanol–water partition coefficient (Wildman–Crippen LogP) is 3.31. The molecule has 2 aromatic carbocycles. The van der Waals surface area contributed by atoms with E-state index in [0.717, 1.165) is 36.4 Å². The monoisotopic (exact) mass is 448 g/mol. The molecule has 2 N–H and O–H groups in total. The van der Waals surface area contributed by atoms with Crippen LogP contribution in [0.5, 0.6) is 0 Å². The molecule has 1 aromatic heterocycles. The number of halogens is 4. The number of carbonyl (C=O) groups excluding carboxylic acids is 2. The van der Waals surface area contributed by atoms with Gasteiger partial charge < -0.3 is 10.5 Å². The number of anilines is 1. The second-order valence-electron chi connectivity index (χ2n) is 6.65. The Kier molecular flexibility index (Phi) is 6.42. The van der Waals surface area contributed by atoms with Gasteiger partial charge in [-0.3, -0.25) is 19.0 Å². The molecule has 3 aromatic rings. The molecule has 1 heterocycles. The van der Waals surface area contributed by atoms with Crippen molar-refractivity contribution in [3.8, 4) is 5.69 Å². The number of rotatable bonds is 6. The maximum atomic E-state index is 14.8. The lowest BCUT2D eigenvalue weighted by atomic mass is 10.0. The minimum atomic E-state index is -1.23. The molecule has 0 aliphatic carbocycles. The number of pyridine rings is 1. The van der Waals surface area contributed by atoms with Crippen molar-refractivity contribution in [3.05, 3.63) is 92.8 Å². The summed E-state index contributed by atoms with van der Waals surface area (Å²) in [5, 5.41) is 0. The third-order valence-corrected chi connectivity index (χ3v) is 4.50. The number of ketones is 1. The van der Waals surface area contributed by atoms with Crippen LogP contribution >= 0.6 is 0 Å². The predicted molar refractivity (Wildman–Crippen MR) is 106 cm³/mol. The largest absolute Gasteiger partial charge is 0.466 e. The van der Waals surface area contributed by atoms with Gasteiger partial charge in [-0.25, -0.2) is 17.6 Å². The Hall–Kier alpha value is -3.95. The highest BCUT2D eigenvalue weighted by molar-refractivity contribution is 6.11. The number of nitrogen functional groups attached to an aromatic ring is 1. The Labute approximate surface area is 178 Å². The van der Waals surface area contributed by atoms with Crippen LogP contribution in [-0.4, -0.2) is 22.9 Å². The zero-order valence-corrected chi connectivity index (χ0v) is 16.6. The van der Waals surface area contributed by atoms with E-state index >= 15 is 0 Å². The van der Waals surface area contributed by atoms with Gasteiger partial charge in [0.25, 0.3) is 5.56 Å². The van der Waals surface area contributed by atoms with E-state index in [1.807, 2.05) is 0 Å². The van der Waals surface area contributed by atoms with Crippen LogP contribution in [0.2, 0.25) is 0 Å². The van der Waals surface area contributed by atoms with Crippen LogP contribution < -0.4 is 11.3 Å². The second-order valence-corrected chi connectivity index (χ2v) is 6.65. The molecule has 0 atom stereocenters. The van der Waals surface area contributed by atoms with Crippen LogP contribution in [0.4, 0.5) is 23.4 Å². The first-order chi connectivity index (χ1) is 15.1. The van der Waals surface area contributed by atoms with Crippen LogP contribution in [0.3, 0.4) is 0 Å². The second kappa shape index (κ2) is 9.04. The molecule has 0 unspecified atom stereocenters. The minimum absolute atomic E-state index is 0.0468. The summed E-state index contributed by atoms with van der Waals surface area (Å²) in [4.78, 5) is 36.6. The topological polar surface area (TPSA) is 91.4 Å². The normalized spacial score (nSPS) is 10.8. The number of benzene rings is 2. The zero-order chi connectivity index (χ0) is 23.6. The van der Waals surface area contributed by atoms with E-state index in [1.165, 1.54) is 0 Å². The highest BCUT2D eigenvalue weighted by Crippen LogP contribution is 2.25. The summed E-state index contributed by atoms with van der Waals surface area (Å²) in [5.74, 6) is -6.91. The smallest absolute Gasteiger partial charge is 0.310 e. The number of hydrogen-bond donors (Lipinski definition) is 1. The number of hydrogen-bond acceptors (Lipinski definition) is 5. The lowest BCUT2D eigenvalue weighted by molar-refractivity contribution is -0.142. The molecular formula is C22H16F4N2O4. The highest BCUT2D eigenvalue weighted by atomic mass is 19.1. The molecule has 166 valence electrons. The molecule has 0 saturated heterocycles. The van der Waals surface area contributed by atoms with Gasteiger partial charge in [0.1, 0.15) is 23.1 Å². The molecule has 3 rings (SSSR count). The van der Waals surface area contributed by atoms with Crippen LogP contribution in [0.15, 0.2) is 47.3 Å². The molecule has 0 aliphatic heterocycles. The molecule has 0 aliphatic rings. The van der Waals surface area contributed by atoms with Crippen molar-refractivity contribution in [1.29, 1.82) is 0 Å². The Morgan fingerprint density at radius 2 is 1.56 bits per heavy atom. The minimum Gasteiger partial charge on any atom is -0.466 e. The fraction of sp³-hybridized carbons (Fsp3) is 0.136. The standard InChI is InChI=1S/C22H16F4N2O4/c1-2-32-19(30)9-11-7-16(25)20(17(26)8-11)28-18(29)6-5-14(22(28)27)21(31)13-4-3-12(23)10-15(13)24/h3-8,10H,2,9,27H2,1H3. The summed E-state index contributed by atoms with van der Waals surface area (Å²) in [6.45, 7) is 1.66. The summed E-state index contributed by atoms with van der Waals surface area (Å²) in [5.41, 5.74) is 3.00. The Morgan fingerprint density at radius 1 is 0.938 bits per heavy atom. The molecule has 0 amide bonds. The lowest BCUT2D eigenvalue weighted by Gasteiger charge is -2.15. The lowest BCUT2D eigenvalue weighted by Crippen LogP contribution is -2.25. The van der Waals surface area contributed by atoms with E-state index in [9.17, 15) is 31.9 Å². The quantitative estimate of drug-likeness (QED) is 0.355. The van der Waals surface area contributed by atoms with Crippen molar-refractivity contribution < 1.29 is 31.9 Å². The summed E-state index contributed by atoms with van der Waals surface area (Å²) in [7, 11) is 0. The third-order valence-electron chi connectivity index (χ3n) is 4.50. The van der Waals surface area contributed by atoms with Gasteiger partial charge in [0.05, 0.1) is 24.2 Å². The molecule has 0 spiro atoms. The van der Waals surface area contributed by atoms with Gasteiger partial charge in [0.15, 0.2) is 17.4 Å². The van der Waals surface area contributed by atoms with Crippen molar-refractivity contribution in [2.75, 3.05) is 12.3 Å². The SMILES string of the molecule is CCOC(=O)Cc1cc(F)c(-n2c(N)c(C(=O)c3ccc(F)cc3F)ccc2=O)c(F)c1. The van der Waals surface area contributed by atoms with Gasteiger partial charge in [-0.1, -0.05) is 0 Å². The Morgan fingerprint density at radius 3 is 2.16 bits per heavy atom. The summed E-state index contributed by atoms with van der Waals surface area (Å²) in [6, 6.07) is 5.68. The fourth-order valence-corrected chi connectivity index (χ4v) is 3.11. The summed E-state index contributed by atoms with van der Waals surface area (Å²) in [6.07, 6.45) is -0.408. The highest BCUT2D eigenvalue weighted by Gasteiger charge is 2.23. The Balaban J connectivity index is 2.11. The fourth-order valence-electron chi connectivity index (χ4n) is 3.11. The van der Waals surface area contributed by atoms with Crippen LogP contribution in [0.1, 0.15) is 28.4 Å². The molecule has 6 nitrogen and oxygen atoms in total. The number of aromatic nitrogens is 1. The van der Waals surface area contributed by atoms with Gasteiger partial charge in [-0.05, 0) is 42.8 Å². The number of nitrogens with two attached hydrogens (primary N) is 1. The third kappa shape index (κ3) is 4.39. The van der Waals surface area contributed by atoms with E-state index in [4.69, 9.17) is 10.5 Å². The van der Waals surface area contributed by atoms with E-state index in [-0.39, 0.29) is 12.2 Å².